The molecule has 1 aromatic carbocycles. The van der Waals surface area contributed by atoms with Gasteiger partial charge in [0.2, 0.25) is 11.0 Å². The van der Waals surface area contributed by atoms with E-state index >= 15 is 0 Å². The average molecular weight is 367 g/mol. The quantitative estimate of drug-likeness (QED) is 0.659. The minimum absolute atomic E-state index is 0.0263. The second-order valence-corrected chi connectivity index (χ2v) is 7.48. The molecular weight excluding hydrogens is 344 g/mol. The average Bonchev–Trinajstić information content (AvgIpc) is 3.01. The molecule has 0 saturated heterocycles. The molecule has 2 rings (SSSR count). The molecule has 8 heteroatoms. The van der Waals surface area contributed by atoms with Gasteiger partial charge in [0, 0.05) is 17.8 Å². The van der Waals surface area contributed by atoms with E-state index < -0.39 is 0 Å². The second-order valence-electron chi connectivity index (χ2n) is 5.28. The molecule has 1 atom stereocenters. The first kappa shape index (κ1) is 18.5. The maximum atomic E-state index is 11.9. The van der Waals surface area contributed by atoms with Gasteiger partial charge in [-0.2, -0.15) is 0 Å². The SMILES string of the molecule is CCC[C@@H](C)NC(=O)CSc1nnc(Nc2cccc(OC)c2)s1. The van der Waals surface area contributed by atoms with Crippen LogP contribution in [-0.2, 0) is 4.79 Å². The number of hydrogen-bond donors (Lipinski definition) is 2. The van der Waals surface area contributed by atoms with Crippen LogP contribution in [-0.4, -0.2) is 35.0 Å². The highest BCUT2D eigenvalue weighted by Crippen LogP contribution is 2.28. The number of thioether (sulfide) groups is 1. The van der Waals surface area contributed by atoms with Crippen molar-refractivity contribution in [3.05, 3.63) is 24.3 Å². The number of ether oxygens (including phenoxy) is 1. The Labute approximate surface area is 150 Å². The largest absolute Gasteiger partial charge is 0.497 e. The van der Waals surface area contributed by atoms with Crippen LogP contribution in [0.3, 0.4) is 0 Å². The van der Waals surface area contributed by atoms with Gasteiger partial charge >= 0.3 is 0 Å². The molecule has 0 unspecified atom stereocenters. The number of anilines is 2. The Hall–Kier alpha value is -1.80. The molecule has 0 fully saturated rings. The maximum Gasteiger partial charge on any atom is 0.230 e. The fourth-order valence-electron chi connectivity index (χ4n) is 2.09. The lowest BCUT2D eigenvalue weighted by atomic mass is 10.2. The lowest BCUT2D eigenvalue weighted by Gasteiger charge is -2.11. The van der Waals surface area contributed by atoms with Crippen molar-refractivity contribution in [2.24, 2.45) is 0 Å². The van der Waals surface area contributed by atoms with Crippen LogP contribution < -0.4 is 15.4 Å². The van der Waals surface area contributed by atoms with E-state index in [1.54, 1.807) is 7.11 Å². The summed E-state index contributed by atoms with van der Waals surface area (Å²) in [5.41, 5.74) is 0.883. The number of rotatable bonds is 9. The number of benzene rings is 1. The van der Waals surface area contributed by atoms with Crippen LogP contribution in [0.15, 0.2) is 28.6 Å². The molecule has 2 aromatic rings. The van der Waals surface area contributed by atoms with Gasteiger partial charge in [0.15, 0.2) is 4.34 Å². The first-order chi connectivity index (χ1) is 11.6. The first-order valence-electron chi connectivity index (χ1n) is 7.77. The zero-order valence-electron chi connectivity index (χ0n) is 14.0. The smallest absolute Gasteiger partial charge is 0.230 e. The predicted octanol–water partition coefficient (Wildman–Crippen LogP) is 3.69. The van der Waals surface area contributed by atoms with Crippen LogP contribution >= 0.6 is 23.1 Å². The van der Waals surface area contributed by atoms with Gasteiger partial charge in [-0.25, -0.2) is 0 Å². The molecule has 0 aliphatic rings. The van der Waals surface area contributed by atoms with Crippen LogP contribution in [0.5, 0.6) is 5.75 Å². The van der Waals surface area contributed by atoms with Gasteiger partial charge in [-0.15, -0.1) is 10.2 Å². The highest BCUT2D eigenvalue weighted by Gasteiger charge is 2.10. The molecular formula is C16H22N4O2S2. The van der Waals surface area contributed by atoms with Crippen molar-refractivity contribution in [2.45, 2.75) is 37.1 Å². The predicted molar refractivity (Wildman–Crippen MR) is 99.4 cm³/mol. The van der Waals surface area contributed by atoms with Crippen molar-refractivity contribution >= 4 is 39.8 Å². The van der Waals surface area contributed by atoms with Crippen LogP contribution in [0.4, 0.5) is 10.8 Å². The topological polar surface area (TPSA) is 76.1 Å². The summed E-state index contributed by atoms with van der Waals surface area (Å²) in [5.74, 6) is 1.15. The number of hydrogen-bond acceptors (Lipinski definition) is 7. The molecule has 1 heterocycles. The zero-order valence-corrected chi connectivity index (χ0v) is 15.7. The molecule has 1 aromatic heterocycles. The molecule has 0 spiro atoms. The summed E-state index contributed by atoms with van der Waals surface area (Å²) in [6.07, 6.45) is 2.05. The minimum atomic E-state index is 0.0263. The van der Waals surface area contributed by atoms with Crippen molar-refractivity contribution < 1.29 is 9.53 Å². The van der Waals surface area contributed by atoms with E-state index in [9.17, 15) is 4.79 Å². The van der Waals surface area contributed by atoms with E-state index in [1.165, 1.54) is 23.1 Å². The Morgan fingerprint density at radius 2 is 2.25 bits per heavy atom. The molecule has 0 saturated carbocycles. The van der Waals surface area contributed by atoms with Gasteiger partial charge in [0.05, 0.1) is 12.9 Å². The van der Waals surface area contributed by atoms with Gasteiger partial charge in [-0.1, -0.05) is 42.5 Å². The Kier molecular flexibility index (Phi) is 7.33. The lowest BCUT2D eigenvalue weighted by molar-refractivity contribution is -0.119. The van der Waals surface area contributed by atoms with E-state index in [-0.39, 0.29) is 11.9 Å². The van der Waals surface area contributed by atoms with Crippen LogP contribution in [0.2, 0.25) is 0 Å². The molecule has 0 bridgehead atoms. The third kappa shape index (κ3) is 6.01. The van der Waals surface area contributed by atoms with Crippen molar-refractivity contribution in [3.8, 4) is 5.75 Å². The highest BCUT2D eigenvalue weighted by molar-refractivity contribution is 8.01. The van der Waals surface area contributed by atoms with Crippen molar-refractivity contribution in [1.82, 2.24) is 15.5 Å². The molecule has 0 aliphatic heterocycles. The summed E-state index contributed by atoms with van der Waals surface area (Å²) in [7, 11) is 1.63. The van der Waals surface area contributed by atoms with E-state index in [0.717, 1.165) is 28.6 Å². The zero-order chi connectivity index (χ0) is 17.4. The lowest BCUT2D eigenvalue weighted by Crippen LogP contribution is -2.33. The highest BCUT2D eigenvalue weighted by atomic mass is 32.2. The van der Waals surface area contributed by atoms with Gasteiger partial charge in [0.25, 0.3) is 0 Å². The van der Waals surface area contributed by atoms with Crippen molar-refractivity contribution in [2.75, 3.05) is 18.2 Å². The van der Waals surface area contributed by atoms with Gasteiger partial charge < -0.3 is 15.4 Å². The number of amides is 1. The minimum Gasteiger partial charge on any atom is -0.497 e. The normalized spacial score (nSPS) is 11.8. The fourth-order valence-corrected chi connectivity index (χ4v) is 3.68. The van der Waals surface area contributed by atoms with E-state index in [1.807, 2.05) is 31.2 Å². The Bertz CT molecular complexity index is 663. The second kappa shape index (κ2) is 9.48. The molecule has 130 valence electrons. The van der Waals surface area contributed by atoms with Crippen LogP contribution in [0.1, 0.15) is 26.7 Å². The molecule has 6 nitrogen and oxygen atoms in total. The third-order valence-corrected chi connectivity index (χ3v) is 5.16. The summed E-state index contributed by atoms with van der Waals surface area (Å²) in [6.45, 7) is 4.13. The number of aromatic nitrogens is 2. The molecule has 24 heavy (non-hydrogen) atoms. The molecule has 2 N–H and O–H groups in total. The summed E-state index contributed by atoms with van der Waals surface area (Å²) < 4.78 is 5.95. The van der Waals surface area contributed by atoms with Crippen molar-refractivity contribution in [3.63, 3.8) is 0 Å². The van der Waals surface area contributed by atoms with E-state index in [2.05, 4.69) is 27.8 Å². The number of nitrogens with zero attached hydrogens (tertiary/aromatic N) is 2. The van der Waals surface area contributed by atoms with Crippen LogP contribution in [0, 0.1) is 0 Å². The molecule has 1 amide bonds. The van der Waals surface area contributed by atoms with Gasteiger partial charge in [0.1, 0.15) is 5.75 Å². The summed E-state index contributed by atoms with van der Waals surface area (Å²) in [6, 6.07) is 7.81. The standard InChI is InChI=1S/C16H22N4O2S2/c1-4-6-11(2)17-14(21)10-23-16-20-19-15(24-16)18-12-7-5-8-13(9-12)22-3/h5,7-9,11H,4,6,10H2,1-3H3,(H,17,21)(H,18,19)/t11-/m1/s1. The summed E-state index contributed by atoms with van der Waals surface area (Å²) >= 11 is 2.82. The van der Waals surface area contributed by atoms with E-state index in [0.29, 0.717) is 10.9 Å². The monoisotopic (exact) mass is 366 g/mol. The van der Waals surface area contributed by atoms with Gasteiger partial charge in [-0.05, 0) is 25.5 Å². The Balaban J connectivity index is 1.83. The number of carbonyl (C=O) groups excluding carboxylic acids is 1. The van der Waals surface area contributed by atoms with Gasteiger partial charge in [-0.3, -0.25) is 4.79 Å². The Morgan fingerprint density at radius 1 is 1.42 bits per heavy atom. The Morgan fingerprint density at radius 3 is 3.00 bits per heavy atom. The molecule has 0 radical (unpaired) electrons. The molecule has 0 aliphatic carbocycles. The van der Waals surface area contributed by atoms with E-state index in [4.69, 9.17) is 4.74 Å². The summed E-state index contributed by atoms with van der Waals surface area (Å²) in [5, 5.41) is 15.0. The number of carbonyl (C=O) groups is 1. The maximum absolute atomic E-state index is 11.9. The fraction of sp³-hybridized carbons (Fsp3) is 0.438. The van der Waals surface area contributed by atoms with Crippen LogP contribution in [0.25, 0.3) is 0 Å². The number of nitrogens with one attached hydrogen (secondary N) is 2. The first-order valence-corrected chi connectivity index (χ1v) is 9.57. The summed E-state index contributed by atoms with van der Waals surface area (Å²) in [4.78, 5) is 11.9. The van der Waals surface area contributed by atoms with Crippen molar-refractivity contribution in [1.29, 1.82) is 0 Å². The number of methoxy groups -OCH3 is 1. The third-order valence-electron chi connectivity index (χ3n) is 3.18.